The number of alkyl halides is 3. The minimum Gasteiger partial charge on any atom is -0.741 e. The number of rotatable bonds is 15. The first kappa shape index (κ1) is 29.7. The maximum atomic E-state index is 10.7. The lowest BCUT2D eigenvalue weighted by molar-refractivity contribution is -0.917. The monoisotopic (exact) mass is 459 g/mol. The molecule has 0 atom stereocenters. The molecule has 1 saturated heterocycles. The van der Waals surface area contributed by atoms with Crippen molar-refractivity contribution in [1.29, 1.82) is 0 Å². The third-order valence-electron chi connectivity index (χ3n) is 6.02. The van der Waals surface area contributed by atoms with Gasteiger partial charge in [-0.25, -0.2) is 8.42 Å². The summed E-state index contributed by atoms with van der Waals surface area (Å²) in [6, 6.07) is 0. The molecule has 1 aliphatic rings. The maximum Gasteiger partial charge on any atom is 0.485 e. The van der Waals surface area contributed by atoms with E-state index < -0.39 is 15.6 Å². The van der Waals surface area contributed by atoms with E-state index in [9.17, 15) is 13.2 Å². The van der Waals surface area contributed by atoms with Crippen LogP contribution in [0.3, 0.4) is 0 Å². The minimum absolute atomic E-state index is 1.37. The summed E-state index contributed by atoms with van der Waals surface area (Å²) in [6.07, 6.45) is 21.9. The topological polar surface area (TPSA) is 57.2 Å². The Morgan fingerprint density at radius 2 is 1.00 bits per heavy atom. The van der Waals surface area contributed by atoms with E-state index in [0.717, 1.165) is 0 Å². The van der Waals surface area contributed by atoms with Crippen molar-refractivity contribution in [2.24, 2.45) is 0 Å². The van der Waals surface area contributed by atoms with Gasteiger partial charge in [-0.15, -0.1) is 0 Å². The van der Waals surface area contributed by atoms with Crippen LogP contribution < -0.4 is 0 Å². The van der Waals surface area contributed by atoms with E-state index in [-0.39, 0.29) is 0 Å². The number of unbranched alkanes of at least 4 members (excludes halogenated alkanes) is 11. The van der Waals surface area contributed by atoms with Crippen LogP contribution in [0.25, 0.3) is 0 Å². The molecule has 0 bridgehead atoms. The zero-order valence-corrected chi connectivity index (χ0v) is 20.0. The Bertz CT molecular complexity index is 504. The summed E-state index contributed by atoms with van der Waals surface area (Å²) < 4.78 is 60.4. The summed E-state index contributed by atoms with van der Waals surface area (Å²) in [5.74, 6) is 0. The van der Waals surface area contributed by atoms with E-state index in [2.05, 4.69) is 13.8 Å². The number of hydrogen-bond donors (Lipinski definition) is 0. The number of hydrogen-bond acceptors (Lipinski definition) is 3. The summed E-state index contributed by atoms with van der Waals surface area (Å²) in [5.41, 5.74) is -5.65. The summed E-state index contributed by atoms with van der Waals surface area (Å²) in [6.45, 7) is 10.6. The number of likely N-dealkylation sites (tertiary alicyclic amines) is 1. The molecule has 0 aromatic carbocycles. The van der Waals surface area contributed by atoms with Gasteiger partial charge in [0.15, 0.2) is 10.1 Å². The summed E-state index contributed by atoms with van der Waals surface area (Å²) in [5, 5.41) is 0. The first-order valence-electron chi connectivity index (χ1n) is 12.0. The fourth-order valence-electron chi connectivity index (χ4n) is 4.20. The Hall–Kier alpha value is -0.340. The lowest BCUT2D eigenvalue weighted by atomic mass is 10.1. The van der Waals surface area contributed by atoms with Crippen molar-refractivity contribution in [3.63, 3.8) is 0 Å². The van der Waals surface area contributed by atoms with Gasteiger partial charge in [-0.3, -0.25) is 0 Å². The largest absolute Gasteiger partial charge is 0.741 e. The van der Waals surface area contributed by atoms with Gasteiger partial charge in [0, 0.05) is 12.8 Å². The van der Waals surface area contributed by atoms with E-state index in [4.69, 9.17) is 13.0 Å². The van der Waals surface area contributed by atoms with Crippen molar-refractivity contribution in [2.75, 3.05) is 26.2 Å². The second-order valence-corrected chi connectivity index (χ2v) is 10.1. The molecule has 182 valence electrons. The molecule has 0 N–H and O–H groups in total. The van der Waals surface area contributed by atoms with E-state index in [1.165, 1.54) is 127 Å². The second kappa shape index (κ2) is 16.3. The normalized spacial score (nSPS) is 16.3. The SMILES string of the molecule is CCCCCCCCCC[N+]1(CCCCCCC)CCCC1.O=S(=O)([O-])C(F)(F)F. The zero-order chi connectivity index (χ0) is 22.9. The Morgan fingerprint density at radius 1 is 0.700 bits per heavy atom. The highest BCUT2D eigenvalue weighted by molar-refractivity contribution is 7.86. The number of quaternary nitrogens is 1. The van der Waals surface area contributed by atoms with Gasteiger partial charge >= 0.3 is 5.51 Å². The number of halogens is 3. The Kier molecular flexibility index (Phi) is 16.1. The van der Waals surface area contributed by atoms with Gasteiger partial charge in [0.25, 0.3) is 0 Å². The number of nitrogens with zero attached hydrogens (tertiary/aromatic N) is 1. The molecule has 0 spiro atoms. The van der Waals surface area contributed by atoms with Crippen LogP contribution in [0.2, 0.25) is 0 Å². The lowest BCUT2D eigenvalue weighted by Gasteiger charge is -2.34. The molecule has 0 radical (unpaired) electrons. The summed E-state index contributed by atoms with van der Waals surface area (Å²) in [4.78, 5) is 0. The smallest absolute Gasteiger partial charge is 0.485 e. The van der Waals surface area contributed by atoms with Crippen molar-refractivity contribution in [3.05, 3.63) is 0 Å². The summed E-state index contributed by atoms with van der Waals surface area (Å²) >= 11 is 0. The molecule has 1 aliphatic heterocycles. The first-order chi connectivity index (χ1) is 14.1. The van der Waals surface area contributed by atoms with E-state index in [0.29, 0.717) is 0 Å². The second-order valence-electron chi connectivity index (χ2n) is 8.73. The van der Waals surface area contributed by atoms with Crippen molar-refractivity contribution in [3.8, 4) is 0 Å². The Morgan fingerprint density at radius 3 is 1.30 bits per heavy atom. The van der Waals surface area contributed by atoms with Crippen molar-refractivity contribution < 1.29 is 30.6 Å². The highest BCUT2D eigenvalue weighted by atomic mass is 32.2. The van der Waals surface area contributed by atoms with Crippen LogP contribution in [0.15, 0.2) is 0 Å². The van der Waals surface area contributed by atoms with Crippen LogP contribution in [0.4, 0.5) is 13.2 Å². The molecular weight excluding hydrogens is 415 g/mol. The Labute approximate surface area is 182 Å². The predicted molar refractivity (Wildman–Crippen MR) is 116 cm³/mol. The van der Waals surface area contributed by atoms with E-state index in [1.54, 1.807) is 0 Å². The third-order valence-corrected chi connectivity index (χ3v) is 6.59. The Balaban J connectivity index is 0.000000890. The molecule has 1 rings (SSSR count). The fraction of sp³-hybridized carbons (Fsp3) is 1.00. The van der Waals surface area contributed by atoms with E-state index in [1.807, 2.05) is 0 Å². The van der Waals surface area contributed by atoms with Crippen molar-refractivity contribution in [1.82, 2.24) is 0 Å². The zero-order valence-electron chi connectivity index (χ0n) is 19.1. The molecular formula is C22H44F3NO3S. The minimum atomic E-state index is -6.09. The van der Waals surface area contributed by atoms with Crippen LogP contribution in [0.1, 0.15) is 110 Å². The third kappa shape index (κ3) is 14.6. The molecule has 0 aliphatic carbocycles. The predicted octanol–water partition coefficient (Wildman–Crippen LogP) is 6.76. The van der Waals surface area contributed by atoms with Crippen LogP contribution >= 0.6 is 0 Å². The average Bonchev–Trinajstić information content (AvgIpc) is 3.12. The molecule has 0 aromatic heterocycles. The molecule has 0 aromatic rings. The highest BCUT2D eigenvalue weighted by Gasteiger charge is 2.37. The summed E-state index contributed by atoms with van der Waals surface area (Å²) in [7, 11) is -6.09. The molecule has 0 saturated carbocycles. The van der Waals surface area contributed by atoms with Gasteiger partial charge in [0.05, 0.1) is 26.2 Å². The van der Waals surface area contributed by atoms with Gasteiger partial charge in [-0.05, 0) is 25.7 Å². The van der Waals surface area contributed by atoms with Gasteiger partial charge in [-0.1, -0.05) is 71.6 Å². The van der Waals surface area contributed by atoms with Crippen molar-refractivity contribution >= 4 is 10.1 Å². The molecule has 0 amide bonds. The fourth-order valence-corrected chi connectivity index (χ4v) is 4.20. The average molecular weight is 460 g/mol. The molecule has 8 heteroatoms. The van der Waals surface area contributed by atoms with E-state index >= 15 is 0 Å². The molecule has 30 heavy (non-hydrogen) atoms. The molecule has 4 nitrogen and oxygen atoms in total. The highest BCUT2D eigenvalue weighted by Crippen LogP contribution is 2.23. The van der Waals surface area contributed by atoms with Crippen molar-refractivity contribution in [2.45, 2.75) is 116 Å². The standard InChI is InChI=1S/C21H44N.CHF3O3S/c1-3-5-7-9-10-11-13-15-19-22(20-16-17-21-22)18-14-12-8-6-4-2;2-1(3,4)8(5,6)7/h3-21H2,1-2H3;(H,5,6,7)/q+1;/p-1. The quantitative estimate of drug-likeness (QED) is 0.118. The van der Waals surface area contributed by atoms with Gasteiger partial charge in [0.2, 0.25) is 0 Å². The maximum absolute atomic E-state index is 10.7. The van der Waals surface area contributed by atoms with Crippen LogP contribution in [-0.4, -0.2) is 49.1 Å². The molecule has 1 fully saturated rings. The van der Waals surface area contributed by atoms with Gasteiger partial charge < -0.3 is 9.04 Å². The first-order valence-corrected chi connectivity index (χ1v) is 13.4. The van der Waals surface area contributed by atoms with Gasteiger partial charge in [0.1, 0.15) is 0 Å². The molecule has 0 unspecified atom stereocenters. The van der Waals surface area contributed by atoms with Crippen LogP contribution in [0.5, 0.6) is 0 Å². The van der Waals surface area contributed by atoms with Crippen LogP contribution in [0, 0.1) is 0 Å². The van der Waals surface area contributed by atoms with Gasteiger partial charge in [-0.2, -0.15) is 13.2 Å². The lowest BCUT2D eigenvalue weighted by Crippen LogP contribution is -2.46. The van der Waals surface area contributed by atoms with Crippen LogP contribution in [-0.2, 0) is 10.1 Å². The molecule has 1 heterocycles.